The molecule has 0 radical (unpaired) electrons. The molecular weight excluding hydrogens is 270 g/mol. The normalized spacial score (nSPS) is 10.7. The van der Waals surface area contributed by atoms with E-state index in [0.29, 0.717) is 22.6 Å². The van der Waals surface area contributed by atoms with Crippen LogP contribution in [0.4, 0.5) is 5.69 Å². The third kappa shape index (κ3) is 3.82. The number of carbonyl (C=O) groups is 1. The van der Waals surface area contributed by atoms with E-state index in [9.17, 15) is 4.79 Å². The molecule has 18 heavy (non-hydrogen) atoms. The number of esters is 1. The number of ether oxygens (including phenoxy) is 1. The van der Waals surface area contributed by atoms with E-state index in [2.05, 4.69) is 13.8 Å². The zero-order valence-electron chi connectivity index (χ0n) is 10.8. The number of nitrogens with two attached hydrogens (primary N) is 1. The topological polar surface area (TPSA) is 52.3 Å². The molecule has 0 heterocycles. The van der Waals surface area contributed by atoms with Crippen molar-refractivity contribution < 1.29 is 9.53 Å². The van der Waals surface area contributed by atoms with E-state index in [1.807, 2.05) is 13.0 Å². The Morgan fingerprint density at radius 3 is 2.72 bits per heavy atom. The highest BCUT2D eigenvalue weighted by atomic mass is 35.5. The minimum absolute atomic E-state index is 0.274. The van der Waals surface area contributed by atoms with Gasteiger partial charge >= 0.3 is 5.97 Å². The van der Waals surface area contributed by atoms with Crippen LogP contribution in [0.3, 0.4) is 0 Å². The first kappa shape index (κ1) is 15.2. The smallest absolute Gasteiger partial charge is 0.341 e. The molecular formula is C13H18ClNO2S. The van der Waals surface area contributed by atoms with E-state index >= 15 is 0 Å². The standard InChI is InChI=1S/C13H18ClNO2S/c1-4-7-17-13(16)11-9(14)5-6-10(12(11)15)18-8(2)3/h5-6,8H,4,7,15H2,1-3H3. The van der Waals surface area contributed by atoms with E-state index < -0.39 is 5.97 Å². The Morgan fingerprint density at radius 1 is 1.50 bits per heavy atom. The van der Waals surface area contributed by atoms with Crippen molar-refractivity contribution in [2.24, 2.45) is 0 Å². The highest BCUT2D eigenvalue weighted by Gasteiger charge is 2.19. The van der Waals surface area contributed by atoms with Crippen LogP contribution in [0.5, 0.6) is 0 Å². The average molecular weight is 288 g/mol. The Bertz CT molecular complexity index is 435. The van der Waals surface area contributed by atoms with Gasteiger partial charge < -0.3 is 10.5 Å². The summed E-state index contributed by atoms with van der Waals surface area (Å²) in [6.45, 7) is 6.43. The second-order valence-corrected chi connectivity index (χ2v) is 6.16. The Hall–Kier alpha value is -0.870. The van der Waals surface area contributed by atoms with Gasteiger partial charge in [0.05, 0.1) is 17.3 Å². The molecule has 2 N–H and O–H groups in total. The van der Waals surface area contributed by atoms with Crippen LogP contribution in [0.2, 0.25) is 5.02 Å². The Labute approximate surface area is 117 Å². The molecule has 100 valence electrons. The lowest BCUT2D eigenvalue weighted by molar-refractivity contribution is 0.0506. The third-order valence-electron chi connectivity index (χ3n) is 2.16. The molecule has 0 fully saturated rings. The second kappa shape index (κ2) is 6.90. The number of rotatable bonds is 5. The Kier molecular flexibility index (Phi) is 5.82. The predicted molar refractivity (Wildman–Crippen MR) is 77.4 cm³/mol. The number of halogens is 1. The zero-order chi connectivity index (χ0) is 13.7. The summed E-state index contributed by atoms with van der Waals surface area (Å²) in [4.78, 5) is 12.7. The van der Waals surface area contributed by atoms with Crippen molar-refractivity contribution in [3.05, 3.63) is 22.7 Å². The molecule has 5 heteroatoms. The van der Waals surface area contributed by atoms with Crippen LogP contribution < -0.4 is 5.73 Å². The molecule has 0 aliphatic heterocycles. The van der Waals surface area contributed by atoms with Crippen LogP contribution in [0.25, 0.3) is 0 Å². The first-order chi connectivity index (χ1) is 8.47. The lowest BCUT2D eigenvalue weighted by Gasteiger charge is -2.13. The van der Waals surface area contributed by atoms with Gasteiger partial charge in [0, 0.05) is 10.1 Å². The number of nitrogen functional groups attached to an aromatic ring is 1. The van der Waals surface area contributed by atoms with Crippen LogP contribution in [-0.4, -0.2) is 17.8 Å². The summed E-state index contributed by atoms with van der Waals surface area (Å²) >= 11 is 7.62. The van der Waals surface area contributed by atoms with Crippen molar-refractivity contribution in [2.45, 2.75) is 37.3 Å². The van der Waals surface area contributed by atoms with Crippen LogP contribution in [0.15, 0.2) is 17.0 Å². The van der Waals surface area contributed by atoms with E-state index in [1.54, 1.807) is 17.8 Å². The summed E-state index contributed by atoms with van der Waals surface area (Å²) in [5, 5.41) is 0.717. The van der Waals surface area contributed by atoms with Gasteiger partial charge in [-0.15, -0.1) is 11.8 Å². The average Bonchev–Trinajstić information content (AvgIpc) is 2.30. The number of hydrogen-bond donors (Lipinski definition) is 1. The van der Waals surface area contributed by atoms with E-state index in [0.717, 1.165) is 11.3 Å². The monoisotopic (exact) mass is 287 g/mol. The highest BCUT2D eigenvalue weighted by molar-refractivity contribution is 8.00. The van der Waals surface area contributed by atoms with Gasteiger partial charge in [0.1, 0.15) is 5.56 Å². The van der Waals surface area contributed by atoms with Gasteiger partial charge in [0.2, 0.25) is 0 Å². The van der Waals surface area contributed by atoms with Crippen LogP contribution in [0.1, 0.15) is 37.6 Å². The first-order valence-electron chi connectivity index (χ1n) is 5.89. The third-order valence-corrected chi connectivity index (χ3v) is 3.56. The van der Waals surface area contributed by atoms with Crippen molar-refractivity contribution in [2.75, 3.05) is 12.3 Å². The van der Waals surface area contributed by atoms with Gasteiger partial charge in [-0.25, -0.2) is 4.79 Å². The number of thioether (sulfide) groups is 1. The molecule has 0 amide bonds. The van der Waals surface area contributed by atoms with Crippen molar-refractivity contribution in [3.8, 4) is 0 Å². The largest absolute Gasteiger partial charge is 0.462 e. The van der Waals surface area contributed by atoms with Gasteiger partial charge in [-0.2, -0.15) is 0 Å². The number of anilines is 1. The number of benzene rings is 1. The lowest BCUT2D eigenvalue weighted by atomic mass is 10.2. The Balaban J connectivity index is 3.05. The van der Waals surface area contributed by atoms with E-state index in [4.69, 9.17) is 22.1 Å². The first-order valence-corrected chi connectivity index (χ1v) is 7.14. The summed E-state index contributed by atoms with van der Waals surface area (Å²) in [5.74, 6) is -0.453. The quantitative estimate of drug-likeness (QED) is 0.505. The van der Waals surface area contributed by atoms with Gasteiger partial charge in [-0.3, -0.25) is 0 Å². The number of hydrogen-bond acceptors (Lipinski definition) is 4. The molecule has 0 aliphatic rings. The summed E-state index contributed by atoms with van der Waals surface area (Å²) in [5.41, 5.74) is 6.68. The summed E-state index contributed by atoms with van der Waals surface area (Å²) < 4.78 is 5.09. The lowest BCUT2D eigenvalue weighted by Crippen LogP contribution is -2.10. The van der Waals surface area contributed by atoms with Crippen molar-refractivity contribution in [3.63, 3.8) is 0 Å². The van der Waals surface area contributed by atoms with Crippen molar-refractivity contribution in [1.29, 1.82) is 0 Å². The van der Waals surface area contributed by atoms with Gasteiger partial charge in [-0.1, -0.05) is 32.4 Å². The molecule has 0 saturated heterocycles. The summed E-state index contributed by atoms with van der Waals surface area (Å²) in [6, 6.07) is 3.52. The van der Waals surface area contributed by atoms with Crippen molar-refractivity contribution in [1.82, 2.24) is 0 Å². The zero-order valence-corrected chi connectivity index (χ0v) is 12.4. The van der Waals surface area contributed by atoms with Crippen LogP contribution >= 0.6 is 23.4 Å². The van der Waals surface area contributed by atoms with Crippen molar-refractivity contribution >= 4 is 35.0 Å². The second-order valence-electron chi connectivity index (χ2n) is 4.14. The highest BCUT2D eigenvalue weighted by Crippen LogP contribution is 2.34. The molecule has 0 aliphatic carbocycles. The van der Waals surface area contributed by atoms with Gasteiger partial charge in [0.15, 0.2) is 0 Å². The van der Waals surface area contributed by atoms with Gasteiger partial charge in [0.25, 0.3) is 0 Å². The predicted octanol–water partition coefficient (Wildman–Crippen LogP) is 3.99. The fraction of sp³-hybridized carbons (Fsp3) is 0.462. The fourth-order valence-electron chi connectivity index (χ4n) is 1.40. The molecule has 0 unspecified atom stereocenters. The van der Waals surface area contributed by atoms with Gasteiger partial charge in [-0.05, 0) is 18.6 Å². The molecule has 1 aromatic carbocycles. The molecule has 0 aromatic heterocycles. The molecule has 0 atom stereocenters. The molecule has 0 saturated carbocycles. The van der Waals surface area contributed by atoms with Crippen LogP contribution in [-0.2, 0) is 4.74 Å². The summed E-state index contributed by atoms with van der Waals surface area (Å²) in [6.07, 6.45) is 0.768. The van der Waals surface area contributed by atoms with E-state index in [-0.39, 0.29) is 5.56 Å². The summed E-state index contributed by atoms with van der Waals surface area (Å²) in [7, 11) is 0. The number of carbonyl (C=O) groups excluding carboxylic acids is 1. The molecule has 1 aromatic rings. The minimum atomic E-state index is -0.453. The maximum atomic E-state index is 11.9. The fourth-order valence-corrected chi connectivity index (χ4v) is 2.53. The van der Waals surface area contributed by atoms with E-state index in [1.165, 1.54) is 0 Å². The molecule has 0 spiro atoms. The maximum absolute atomic E-state index is 11.9. The molecule has 3 nitrogen and oxygen atoms in total. The Morgan fingerprint density at radius 2 is 2.17 bits per heavy atom. The molecule has 0 bridgehead atoms. The SMILES string of the molecule is CCCOC(=O)c1c(Cl)ccc(SC(C)C)c1N. The minimum Gasteiger partial charge on any atom is -0.462 e. The maximum Gasteiger partial charge on any atom is 0.341 e. The van der Waals surface area contributed by atoms with Crippen LogP contribution in [0, 0.1) is 0 Å². The molecule has 1 rings (SSSR count).